The van der Waals surface area contributed by atoms with Crippen LogP contribution in [0.4, 0.5) is 0 Å². The molecule has 1 aromatic heterocycles. The van der Waals surface area contributed by atoms with E-state index < -0.39 is 11.6 Å². The average Bonchev–Trinajstić information content (AvgIpc) is 2.77. The Hall–Kier alpha value is -1.47. The first kappa shape index (κ1) is 15.6. The van der Waals surface area contributed by atoms with Gasteiger partial charge in [-0.3, -0.25) is 4.79 Å². The number of carbonyl (C=O) groups excluding carboxylic acids is 1. The number of aromatic carboxylic acids is 1. The van der Waals surface area contributed by atoms with Crippen LogP contribution in [0.15, 0.2) is 5.38 Å². The van der Waals surface area contributed by atoms with E-state index in [1.165, 1.54) is 16.7 Å². The van der Waals surface area contributed by atoms with Crippen LogP contribution in [0.5, 0.6) is 0 Å². The lowest BCUT2D eigenvalue weighted by Gasteiger charge is -2.23. The predicted molar refractivity (Wildman–Crippen MR) is 71.3 cm³/mol. The van der Waals surface area contributed by atoms with Gasteiger partial charge in [-0.1, -0.05) is 0 Å². The molecule has 1 heterocycles. The second-order valence-electron chi connectivity index (χ2n) is 4.81. The Morgan fingerprint density at radius 1 is 1.58 bits per heavy atom. The smallest absolute Gasteiger partial charge is 0.355 e. The third kappa shape index (κ3) is 4.60. The fourth-order valence-corrected chi connectivity index (χ4v) is 2.20. The van der Waals surface area contributed by atoms with Crippen LogP contribution in [0.2, 0.25) is 0 Å². The number of carboxylic acids is 1. The summed E-state index contributed by atoms with van der Waals surface area (Å²) in [6.45, 7) is 5.41. The van der Waals surface area contributed by atoms with Crippen LogP contribution in [-0.4, -0.2) is 34.7 Å². The SMILES string of the molecule is COC(C)(C)CC(=O)NC(C)c1nc(C(=O)O)cs1. The molecular weight excluding hydrogens is 268 g/mol. The number of amides is 1. The van der Waals surface area contributed by atoms with E-state index in [0.29, 0.717) is 5.01 Å². The van der Waals surface area contributed by atoms with Gasteiger partial charge in [0.2, 0.25) is 5.91 Å². The minimum absolute atomic E-state index is 0.00156. The fourth-order valence-electron chi connectivity index (χ4n) is 1.40. The van der Waals surface area contributed by atoms with Gasteiger partial charge in [-0.25, -0.2) is 9.78 Å². The van der Waals surface area contributed by atoms with Crippen molar-refractivity contribution in [1.82, 2.24) is 10.3 Å². The highest BCUT2D eigenvalue weighted by atomic mass is 32.1. The van der Waals surface area contributed by atoms with Crippen molar-refractivity contribution in [3.05, 3.63) is 16.1 Å². The molecule has 0 aromatic carbocycles. The van der Waals surface area contributed by atoms with Crippen LogP contribution in [0.1, 0.15) is 48.7 Å². The molecule has 106 valence electrons. The summed E-state index contributed by atoms with van der Waals surface area (Å²) >= 11 is 1.21. The number of nitrogens with zero attached hydrogens (tertiary/aromatic N) is 1. The van der Waals surface area contributed by atoms with Crippen LogP contribution >= 0.6 is 11.3 Å². The number of nitrogens with one attached hydrogen (secondary N) is 1. The summed E-state index contributed by atoms with van der Waals surface area (Å²) in [5.41, 5.74) is -0.530. The van der Waals surface area contributed by atoms with Gasteiger partial charge in [-0.15, -0.1) is 11.3 Å². The summed E-state index contributed by atoms with van der Waals surface area (Å²) in [5.74, 6) is -1.23. The van der Waals surface area contributed by atoms with Gasteiger partial charge in [0.15, 0.2) is 5.69 Å². The lowest BCUT2D eigenvalue weighted by molar-refractivity contribution is -0.126. The molecule has 0 aliphatic heterocycles. The Bertz CT molecular complexity index is 470. The highest BCUT2D eigenvalue weighted by Gasteiger charge is 2.23. The lowest BCUT2D eigenvalue weighted by Crippen LogP contribution is -2.35. The van der Waals surface area contributed by atoms with E-state index in [1.54, 1.807) is 14.0 Å². The van der Waals surface area contributed by atoms with Crippen LogP contribution in [0.3, 0.4) is 0 Å². The normalized spacial score (nSPS) is 13.1. The van der Waals surface area contributed by atoms with Crippen molar-refractivity contribution in [2.24, 2.45) is 0 Å². The number of ether oxygens (including phenoxy) is 1. The number of thiazole rings is 1. The first-order valence-electron chi connectivity index (χ1n) is 5.78. The Labute approximate surface area is 115 Å². The lowest BCUT2D eigenvalue weighted by atomic mass is 10.0. The van der Waals surface area contributed by atoms with Crippen molar-refractivity contribution in [3.8, 4) is 0 Å². The number of rotatable bonds is 6. The van der Waals surface area contributed by atoms with Gasteiger partial charge in [0, 0.05) is 12.5 Å². The molecule has 0 spiro atoms. The van der Waals surface area contributed by atoms with Gasteiger partial charge in [0.25, 0.3) is 0 Å². The summed E-state index contributed by atoms with van der Waals surface area (Å²) in [6.07, 6.45) is 0.227. The number of hydrogen-bond acceptors (Lipinski definition) is 5. The topological polar surface area (TPSA) is 88.5 Å². The van der Waals surface area contributed by atoms with Gasteiger partial charge in [-0.05, 0) is 20.8 Å². The highest BCUT2D eigenvalue weighted by Crippen LogP contribution is 2.19. The standard InChI is InChI=1S/C12H18N2O4S/c1-7(10-14-8(6-19-10)11(16)17)13-9(15)5-12(2,3)18-4/h6-7H,5H2,1-4H3,(H,13,15)(H,16,17). The molecule has 0 saturated heterocycles. The molecule has 1 rings (SSSR count). The molecule has 0 bridgehead atoms. The first-order chi connectivity index (χ1) is 8.75. The van der Waals surface area contributed by atoms with Crippen LogP contribution in [0.25, 0.3) is 0 Å². The largest absolute Gasteiger partial charge is 0.476 e. The van der Waals surface area contributed by atoms with E-state index in [2.05, 4.69) is 10.3 Å². The monoisotopic (exact) mass is 286 g/mol. The molecule has 7 heteroatoms. The van der Waals surface area contributed by atoms with E-state index in [9.17, 15) is 9.59 Å². The maximum absolute atomic E-state index is 11.8. The molecule has 1 aromatic rings. The fraction of sp³-hybridized carbons (Fsp3) is 0.583. The molecule has 1 amide bonds. The van der Waals surface area contributed by atoms with Crippen molar-refractivity contribution < 1.29 is 19.4 Å². The third-order valence-electron chi connectivity index (χ3n) is 2.63. The van der Waals surface area contributed by atoms with E-state index in [-0.39, 0.29) is 24.1 Å². The molecule has 6 nitrogen and oxygen atoms in total. The Morgan fingerprint density at radius 2 is 2.21 bits per heavy atom. The average molecular weight is 286 g/mol. The number of methoxy groups -OCH3 is 1. The molecule has 1 unspecified atom stereocenters. The second kappa shape index (κ2) is 6.12. The third-order valence-corrected chi connectivity index (χ3v) is 3.66. The maximum Gasteiger partial charge on any atom is 0.355 e. The molecule has 0 aliphatic rings. The predicted octanol–water partition coefficient (Wildman–Crippen LogP) is 1.83. The Balaban J connectivity index is 2.61. The van der Waals surface area contributed by atoms with Crippen molar-refractivity contribution in [3.63, 3.8) is 0 Å². The summed E-state index contributed by atoms with van der Waals surface area (Å²) in [4.78, 5) is 26.5. The van der Waals surface area contributed by atoms with Gasteiger partial charge < -0.3 is 15.2 Å². The zero-order chi connectivity index (χ0) is 14.6. The van der Waals surface area contributed by atoms with E-state index >= 15 is 0 Å². The molecule has 1 atom stereocenters. The molecule has 2 N–H and O–H groups in total. The maximum atomic E-state index is 11.8. The number of carbonyl (C=O) groups is 2. The van der Waals surface area contributed by atoms with E-state index in [4.69, 9.17) is 9.84 Å². The number of hydrogen-bond donors (Lipinski definition) is 2. The van der Waals surface area contributed by atoms with Gasteiger partial charge in [-0.2, -0.15) is 0 Å². The Kier molecular flexibility index (Phi) is 5.02. The van der Waals surface area contributed by atoms with Gasteiger partial charge in [0.1, 0.15) is 5.01 Å². The highest BCUT2D eigenvalue weighted by molar-refractivity contribution is 7.09. The zero-order valence-electron chi connectivity index (χ0n) is 11.4. The van der Waals surface area contributed by atoms with E-state index in [1.807, 2.05) is 13.8 Å². The second-order valence-corrected chi connectivity index (χ2v) is 5.70. The minimum Gasteiger partial charge on any atom is -0.476 e. The van der Waals surface area contributed by atoms with Crippen LogP contribution in [0, 0.1) is 0 Å². The number of carboxylic acid groups (broad SMARTS) is 1. The van der Waals surface area contributed by atoms with Crippen molar-refractivity contribution in [1.29, 1.82) is 0 Å². The minimum atomic E-state index is -1.07. The number of aromatic nitrogens is 1. The van der Waals surface area contributed by atoms with Gasteiger partial charge >= 0.3 is 5.97 Å². The quantitative estimate of drug-likeness (QED) is 0.833. The molecule has 0 radical (unpaired) electrons. The summed E-state index contributed by atoms with van der Waals surface area (Å²) in [6, 6.07) is -0.321. The molecule has 19 heavy (non-hydrogen) atoms. The molecule has 0 fully saturated rings. The van der Waals surface area contributed by atoms with Crippen molar-refractivity contribution >= 4 is 23.2 Å². The van der Waals surface area contributed by atoms with Crippen LogP contribution < -0.4 is 5.32 Å². The van der Waals surface area contributed by atoms with Crippen molar-refractivity contribution in [2.45, 2.75) is 38.8 Å². The molecule has 0 aliphatic carbocycles. The summed E-state index contributed by atoms with van der Waals surface area (Å²) < 4.78 is 5.18. The first-order valence-corrected chi connectivity index (χ1v) is 6.66. The molecular formula is C12H18N2O4S. The van der Waals surface area contributed by atoms with Crippen LogP contribution in [-0.2, 0) is 9.53 Å². The van der Waals surface area contributed by atoms with Crippen molar-refractivity contribution in [2.75, 3.05) is 7.11 Å². The molecule has 0 saturated carbocycles. The Morgan fingerprint density at radius 3 is 2.68 bits per heavy atom. The summed E-state index contributed by atoms with van der Waals surface area (Å²) in [7, 11) is 1.55. The summed E-state index contributed by atoms with van der Waals surface area (Å²) in [5, 5.41) is 13.6. The van der Waals surface area contributed by atoms with E-state index in [0.717, 1.165) is 0 Å². The van der Waals surface area contributed by atoms with Gasteiger partial charge in [0.05, 0.1) is 18.1 Å². The zero-order valence-corrected chi connectivity index (χ0v) is 12.2.